The van der Waals surface area contributed by atoms with E-state index in [9.17, 15) is 9.59 Å². The number of nitrogens with zero attached hydrogens (tertiary/aromatic N) is 1. The Hall–Kier alpha value is -1.69. The quantitative estimate of drug-likeness (QED) is 0.896. The molecule has 5 nitrogen and oxygen atoms in total. The summed E-state index contributed by atoms with van der Waals surface area (Å²) in [5.41, 5.74) is 0. The van der Waals surface area contributed by atoms with E-state index in [1.54, 1.807) is 16.7 Å². The van der Waals surface area contributed by atoms with Crippen LogP contribution in [0.25, 0.3) is 0 Å². The first-order valence-corrected chi connectivity index (χ1v) is 8.74. The van der Waals surface area contributed by atoms with Crippen LogP contribution in [-0.2, 0) is 9.59 Å². The van der Waals surface area contributed by atoms with Crippen LogP contribution >= 0.6 is 11.8 Å². The maximum Gasteiger partial charge on any atom is 0.240 e. The number of para-hydroxylation sites is 1. The van der Waals surface area contributed by atoms with Crippen LogP contribution in [0.5, 0.6) is 5.75 Å². The summed E-state index contributed by atoms with van der Waals surface area (Å²) >= 11 is 1.55. The number of amides is 2. The first-order chi connectivity index (χ1) is 10.7. The van der Waals surface area contributed by atoms with E-state index in [4.69, 9.17) is 4.74 Å². The Morgan fingerprint density at radius 3 is 2.86 bits per heavy atom. The fourth-order valence-electron chi connectivity index (χ4n) is 2.87. The molecule has 0 spiro atoms. The third-order valence-electron chi connectivity index (χ3n) is 3.99. The average molecular weight is 320 g/mol. The van der Waals surface area contributed by atoms with Gasteiger partial charge in [0, 0.05) is 0 Å². The van der Waals surface area contributed by atoms with Gasteiger partial charge in [-0.05, 0) is 31.4 Å². The van der Waals surface area contributed by atoms with Crippen LogP contribution in [0.1, 0.15) is 19.3 Å². The number of hydrogen-bond acceptors (Lipinski definition) is 4. The number of carbonyl (C=O) groups excluding carboxylic acids is 2. The molecule has 118 valence electrons. The second kappa shape index (κ2) is 7.05. The monoisotopic (exact) mass is 320 g/mol. The molecular formula is C16H20N2O3S. The fraction of sp³-hybridized carbons (Fsp3) is 0.500. The van der Waals surface area contributed by atoms with Gasteiger partial charge < -0.3 is 15.0 Å². The highest BCUT2D eigenvalue weighted by Gasteiger charge is 2.31. The molecule has 0 bridgehead atoms. The number of carbonyl (C=O) groups is 2. The van der Waals surface area contributed by atoms with Gasteiger partial charge in [0.2, 0.25) is 11.8 Å². The largest absolute Gasteiger partial charge is 0.488 e. The Morgan fingerprint density at radius 2 is 2.14 bits per heavy atom. The molecule has 0 unspecified atom stereocenters. The van der Waals surface area contributed by atoms with Crippen LogP contribution in [0.15, 0.2) is 30.3 Å². The molecule has 1 N–H and O–H groups in total. The molecular weight excluding hydrogens is 300 g/mol. The summed E-state index contributed by atoms with van der Waals surface area (Å²) in [6.07, 6.45) is 2.92. The minimum absolute atomic E-state index is 0.00926. The normalized spacial score (nSPS) is 24.5. The van der Waals surface area contributed by atoms with Gasteiger partial charge in [0.1, 0.15) is 18.4 Å². The predicted molar refractivity (Wildman–Crippen MR) is 85.7 cm³/mol. The zero-order chi connectivity index (χ0) is 15.4. The summed E-state index contributed by atoms with van der Waals surface area (Å²) in [5.74, 6) is 1.88. The Balaban J connectivity index is 1.52. The van der Waals surface area contributed by atoms with Crippen molar-refractivity contribution in [2.75, 3.05) is 18.2 Å². The Kier molecular flexibility index (Phi) is 4.87. The summed E-state index contributed by atoms with van der Waals surface area (Å²) in [4.78, 5) is 25.3. The van der Waals surface area contributed by atoms with Gasteiger partial charge in [0.15, 0.2) is 0 Å². The lowest BCUT2D eigenvalue weighted by atomic mass is 10.2. The summed E-state index contributed by atoms with van der Waals surface area (Å²) in [7, 11) is 0. The molecule has 2 aliphatic rings. The van der Waals surface area contributed by atoms with Crippen molar-refractivity contribution in [2.45, 2.75) is 31.4 Å². The van der Waals surface area contributed by atoms with Gasteiger partial charge in [0.25, 0.3) is 0 Å². The molecule has 3 rings (SSSR count). The average Bonchev–Trinajstić information content (AvgIpc) is 3.10. The minimum Gasteiger partial charge on any atom is -0.488 e. The molecule has 2 atom stereocenters. The number of benzene rings is 1. The molecule has 6 heteroatoms. The van der Waals surface area contributed by atoms with Crippen molar-refractivity contribution in [1.82, 2.24) is 10.2 Å². The smallest absolute Gasteiger partial charge is 0.240 e. The Morgan fingerprint density at radius 1 is 1.32 bits per heavy atom. The number of hydrogen-bond donors (Lipinski definition) is 1. The van der Waals surface area contributed by atoms with Crippen LogP contribution in [0, 0.1) is 0 Å². The summed E-state index contributed by atoms with van der Waals surface area (Å²) < 4.78 is 5.98. The zero-order valence-corrected chi connectivity index (χ0v) is 13.2. The van der Waals surface area contributed by atoms with Crippen molar-refractivity contribution in [1.29, 1.82) is 0 Å². The predicted octanol–water partition coefficient (Wildman–Crippen LogP) is 1.64. The van der Waals surface area contributed by atoms with Crippen molar-refractivity contribution >= 4 is 23.6 Å². The molecule has 2 fully saturated rings. The first kappa shape index (κ1) is 15.2. The maximum absolute atomic E-state index is 12.1. The number of ether oxygens (including phenoxy) is 1. The van der Waals surface area contributed by atoms with E-state index in [1.165, 1.54) is 0 Å². The van der Waals surface area contributed by atoms with Gasteiger partial charge in [-0.3, -0.25) is 9.59 Å². The van der Waals surface area contributed by atoms with E-state index in [0.29, 0.717) is 11.6 Å². The van der Waals surface area contributed by atoms with Crippen LogP contribution in [-0.4, -0.2) is 47.0 Å². The van der Waals surface area contributed by atoms with E-state index in [2.05, 4.69) is 5.32 Å². The standard InChI is InChI=1S/C16H20N2O3S/c19-15(9-18-11-22-10-16(18)20)17-13-7-4-8-14(13)21-12-5-2-1-3-6-12/h1-3,5-6,13-14H,4,7-11H2,(H,17,19)/t13-,14+/m1/s1. The van der Waals surface area contributed by atoms with Crippen LogP contribution in [0.3, 0.4) is 0 Å². The topological polar surface area (TPSA) is 58.6 Å². The molecule has 1 aliphatic carbocycles. The lowest BCUT2D eigenvalue weighted by molar-refractivity contribution is -0.132. The van der Waals surface area contributed by atoms with E-state index in [-0.39, 0.29) is 30.5 Å². The van der Waals surface area contributed by atoms with Gasteiger partial charge in [-0.15, -0.1) is 11.8 Å². The van der Waals surface area contributed by atoms with Gasteiger partial charge in [-0.25, -0.2) is 0 Å². The molecule has 22 heavy (non-hydrogen) atoms. The van der Waals surface area contributed by atoms with Crippen molar-refractivity contribution in [3.05, 3.63) is 30.3 Å². The molecule has 0 aromatic heterocycles. The Bertz CT molecular complexity index is 537. The molecule has 1 aliphatic heterocycles. The fourth-order valence-corrected chi connectivity index (χ4v) is 3.78. The minimum atomic E-state index is -0.0931. The van der Waals surface area contributed by atoms with E-state index in [1.807, 2.05) is 30.3 Å². The number of rotatable bonds is 5. The number of thioether (sulfide) groups is 1. The SMILES string of the molecule is O=C(CN1CSCC1=O)N[C@@H]1CCC[C@@H]1Oc1ccccc1. The van der Waals surface area contributed by atoms with Crippen molar-refractivity contribution < 1.29 is 14.3 Å². The van der Waals surface area contributed by atoms with Gasteiger partial charge in [-0.2, -0.15) is 0 Å². The summed E-state index contributed by atoms with van der Waals surface area (Å²) in [6.45, 7) is 0.153. The van der Waals surface area contributed by atoms with Crippen molar-refractivity contribution in [2.24, 2.45) is 0 Å². The Labute approximate surface area is 134 Å². The lowest BCUT2D eigenvalue weighted by Crippen LogP contribution is -2.46. The summed E-state index contributed by atoms with van der Waals surface area (Å²) in [6, 6.07) is 9.71. The molecule has 1 heterocycles. The van der Waals surface area contributed by atoms with Gasteiger partial charge in [-0.1, -0.05) is 18.2 Å². The highest BCUT2D eigenvalue weighted by molar-refractivity contribution is 8.00. The van der Waals surface area contributed by atoms with E-state index in [0.717, 1.165) is 25.0 Å². The maximum atomic E-state index is 12.1. The third-order valence-corrected chi connectivity index (χ3v) is 4.93. The molecule has 1 aromatic carbocycles. The highest BCUT2D eigenvalue weighted by atomic mass is 32.2. The first-order valence-electron chi connectivity index (χ1n) is 7.59. The second-order valence-corrected chi connectivity index (χ2v) is 6.60. The number of nitrogens with one attached hydrogen (secondary N) is 1. The van der Waals surface area contributed by atoms with Crippen molar-refractivity contribution in [3.8, 4) is 5.75 Å². The van der Waals surface area contributed by atoms with Gasteiger partial charge in [0.05, 0.1) is 17.7 Å². The molecule has 0 radical (unpaired) electrons. The van der Waals surface area contributed by atoms with Gasteiger partial charge >= 0.3 is 0 Å². The molecule has 1 aromatic rings. The van der Waals surface area contributed by atoms with Crippen LogP contribution in [0.4, 0.5) is 0 Å². The van der Waals surface area contributed by atoms with E-state index < -0.39 is 0 Å². The van der Waals surface area contributed by atoms with Crippen molar-refractivity contribution in [3.63, 3.8) is 0 Å². The van der Waals surface area contributed by atoms with Crippen LogP contribution in [0.2, 0.25) is 0 Å². The third kappa shape index (κ3) is 3.74. The lowest BCUT2D eigenvalue weighted by Gasteiger charge is -2.23. The summed E-state index contributed by atoms with van der Waals surface area (Å²) in [5, 5.41) is 3.03. The molecule has 1 saturated carbocycles. The highest BCUT2D eigenvalue weighted by Crippen LogP contribution is 2.24. The van der Waals surface area contributed by atoms with E-state index >= 15 is 0 Å². The van der Waals surface area contributed by atoms with Crippen LogP contribution < -0.4 is 10.1 Å². The molecule has 1 saturated heterocycles. The second-order valence-electron chi connectivity index (χ2n) is 5.64. The molecule has 2 amide bonds. The zero-order valence-electron chi connectivity index (χ0n) is 12.4.